The van der Waals surface area contributed by atoms with Crippen molar-refractivity contribution in [1.29, 1.82) is 0 Å². The molecule has 3 aromatic heterocycles. The molecule has 0 atom stereocenters. The SMILES string of the molecule is CNC(=O)c1nnccc1Nc1nc2ccc(N3CCCC3=O)cn2n1. The van der Waals surface area contributed by atoms with E-state index in [1.165, 1.54) is 13.2 Å². The molecule has 10 nitrogen and oxygen atoms in total. The van der Waals surface area contributed by atoms with Gasteiger partial charge in [0.1, 0.15) is 0 Å². The molecule has 1 aliphatic rings. The van der Waals surface area contributed by atoms with Crippen LogP contribution < -0.4 is 15.5 Å². The number of aromatic nitrogens is 5. The van der Waals surface area contributed by atoms with Gasteiger partial charge in [-0.05, 0) is 24.6 Å². The minimum atomic E-state index is -0.362. The molecule has 0 bridgehead atoms. The van der Waals surface area contributed by atoms with Crippen LogP contribution in [-0.4, -0.2) is 50.2 Å². The monoisotopic (exact) mass is 352 g/mol. The van der Waals surface area contributed by atoms with Gasteiger partial charge in [-0.25, -0.2) is 4.52 Å². The summed E-state index contributed by atoms with van der Waals surface area (Å²) in [6, 6.07) is 5.27. The quantitative estimate of drug-likeness (QED) is 0.711. The highest BCUT2D eigenvalue weighted by Crippen LogP contribution is 2.22. The summed E-state index contributed by atoms with van der Waals surface area (Å²) in [5.41, 5.74) is 2.00. The van der Waals surface area contributed by atoms with Crippen LogP contribution >= 0.6 is 0 Å². The molecule has 1 aliphatic heterocycles. The summed E-state index contributed by atoms with van der Waals surface area (Å²) in [4.78, 5) is 29.9. The highest BCUT2D eigenvalue weighted by Gasteiger charge is 2.22. The highest BCUT2D eigenvalue weighted by atomic mass is 16.2. The van der Waals surface area contributed by atoms with Crippen molar-refractivity contribution in [3.05, 3.63) is 36.3 Å². The number of nitrogens with one attached hydrogen (secondary N) is 2. The molecule has 132 valence electrons. The third-order valence-electron chi connectivity index (χ3n) is 4.11. The van der Waals surface area contributed by atoms with Crippen LogP contribution in [0.3, 0.4) is 0 Å². The number of nitrogens with zero attached hydrogens (tertiary/aromatic N) is 6. The lowest BCUT2D eigenvalue weighted by Crippen LogP contribution is -2.23. The Morgan fingerprint density at radius 2 is 2.15 bits per heavy atom. The Hall–Kier alpha value is -3.56. The zero-order chi connectivity index (χ0) is 18.1. The average molecular weight is 352 g/mol. The second-order valence-corrected chi connectivity index (χ2v) is 5.77. The first-order valence-corrected chi connectivity index (χ1v) is 8.13. The molecule has 1 saturated heterocycles. The Balaban J connectivity index is 1.64. The van der Waals surface area contributed by atoms with E-state index in [1.807, 2.05) is 6.07 Å². The van der Waals surface area contributed by atoms with Gasteiger partial charge in [0.25, 0.3) is 5.91 Å². The van der Waals surface area contributed by atoms with Crippen molar-refractivity contribution in [2.45, 2.75) is 12.8 Å². The number of amides is 2. The van der Waals surface area contributed by atoms with Crippen molar-refractivity contribution in [3.63, 3.8) is 0 Å². The maximum Gasteiger partial charge on any atom is 0.273 e. The van der Waals surface area contributed by atoms with Gasteiger partial charge in [-0.2, -0.15) is 10.1 Å². The van der Waals surface area contributed by atoms with Gasteiger partial charge in [-0.3, -0.25) is 9.59 Å². The molecule has 1 fully saturated rings. The molecule has 26 heavy (non-hydrogen) atoms. The maximum absolute atomic E-state index is 11.9. The van der Waals surface area contributed by atoms with E-state index in [9.17, 15) is 9.59 Å². The van der Waals surface area contributed by atoms with Crippen molar-refractivity contribution >= 4 is 34.8 Å². The van der Waals surface area contributed by atoms with Crippen LogP contribution in [0.1, 0.15) is 23.3 Å². The van der Waals surface area contributed by atoms with Gasteiger partial charge in [-0.1, -0.05) is 0 Å². The Kier molecular flexibility index (Phi) is 3.92. The first kappa shape index (κ1) is 15.9. The van der Waals surface area contributed by atoms with Gasteiger partial charge in [0, 0.05) is 20.0 Å². The average Bonchev–Trinajstić information content (AvgIpc) is 3.26. The van der Waals surface area contributed by atoms with Crippen LogP contribution in [0.15, 0.2) is 30.6 Å². The van der Waals surface area contributed by atoms with E-state index in [4.69, 9.17) is 0 Å². The van der Waals surface area contributed by atoms with Crippen LogP contribution in [0.5, 0.6) is 0 Å². The topological polar surface area (TPSA) is 117 Å². The smallest absolute Gasteiger partial charge is 0.273 e. The zero-order valence-electron chi connectivity index (χ0n) is 14.0. The molecule has 0 aliphatic carbocycles. The third-order valence-corrected chi connectivity index (χ3v) is 4.11. The van der Waals surface area contributed by atoms with E-state index in [-0.39, 0.29) is 17.5 Å². The maximum atomic E-state index is 11.9. The molecule has 0 unspecified atom stereocenters. The molecule has 10 heteroatoms. The first-order valence-electron chi connectivity index (χ1n) is 8.13. The van der Waals surface area contributed by atoms with Gasteiger partial charge in [0.2, 0.25) is 11.9 Å². The summed E-state index contributed by atoms with van der Waals surface area (Å²) in [5.74, 6) is 0.0631. The largest absolute Gasteiger partial charge is 0.354 e. The van der Waals surface area contributed by atoms with E-state index < -0.39 is 0 Å². The van der Waals surface area contributed by atoms with Crippen LogP contribution in [0.4, 0.5) is 17.3 Å². The van der Waals surface area contributed by atoms with E-state index >= 15 is 0 Å². The second-order valence-electron chi connectivity index (χ2n) is 5.77. The number of fused-ring (bicyclic) bond motifs is 1. The lowest BCUT2D eigenvalue weighted by atomic mass is 10.3. The standard InChI is InChI=1S/C16H16N8O2/c1-17-15(26)14-11(6-7-18-21-14)19-16-20-12-5-4-10(9-24(12)22-16)23-8-2-3-13(23)25/h4-7,9H,2-3,8H2,1H3,(H,17,26)(H,18,19,22). The van der Waals surface area contributed by atoms with Gasteiger partial charge in [0.05, 0.1) is 23.8 Å². The number of anilines is 3. The lowest BCUT2D eigenvalue weighted by Gasteiger charge is -2.14. The zero-order valence-corrected chi connectivity index (χ0v) is 14.0. The summed E-state index contributed by atoms with van der Waals surface area (Å²) in [6.45, 7) is 0.711. The van der Waals surface area contributed by atoms with Gasteiger partial charge < -0.3 is 15.5 Å². The molecule has 4 rings (SSSR count). The van der Waals surface area contributed by atoms with Crippen LogP contribution in [0.25, 0.3) is 5.65 Å². The molecule has 2 N–H and O–H groups in total. The van der Waals surface area contributed by atoms with Crippen molar-refractivity contribution < 1.29 is 9.59 Å². The van der Waals surface area contributed by atoms with Crippen molar-refractivity contribution in [1.82, 2.24) is 30.1 Å². The third kappa shape index (κ3) is 2.81. The van der Waals surface area contributed by atoms with Crippen molar-refractivity contribution in [3.8, 4) is 0 Å². The molecule has 0 saturated carbocycles. The number of hydrogen-bond donors (Lipinski definition) is 2. The Morgan fingerprint density at radius 3 is 2.92 bits per heavy atom. The number of carbonyl (C=O) groups excluding carboxylic acids is 2. The molecule has 2 amide bonds. The molecule has 0 radical (unpaired) electrons. The fourth-order valence-corrected chi connectivity index (χ4v) is 2.85. The predicted octanol–water partition coefficient (Wildman–Crippen LogP) is 0.749. The Labute approximate surface area is 148 Å². The molecule has 4 heterocycles. The van der Waals surface area contributed by atoms with E-state index in [2.05, 4.69) is 30.9 Å². The van der Waals surface area contributed by atoms with E-state index in [0.717, 1.165) is 12.1 Å². The minimum absolute atomic E-state index is 0.112. The van der Waals surface area contributed by atoms with Gasteiger partial charge in [-0.15, -0.1) is 10.2 Å². The summed E-state index contributed by atoms with van der Waals surface area (Å²) in [7, 11) is 1.52. The van der Waals surface area contributed by atoms with Crippen LogP contribution in [0.2, 0.25) is 0 Å². The fraction of sp³-hybridized carbons (Fsp3) is 0.250. The molecular formula is C16H16N8O2. The predicted molar refractivity (Wildman–Crippen MR) is 93.3 cm³/mol. The summed E-state index contributed by atoms with van der Waals surface area (Å²) in [6.07, 6.45) is 4.67. The highest BCUT2D eigenvalue weighted by molar-refractivity contribution is 5.97. The number of hydrogen-bond acceptors (Lipinski definition) is 7. The number of pyridine rings is 1. The van der Waals surface area contributed by atoms with Crippen molar-refractivity contribution in [2.24, 2.45) is 0 Å². The Bertz CT molecular complexity index is 999. The van der Waals surface area contributed by atoms with E-state index in [1.54, 1.807) is 27.7 Å². The van der Waals surface area contributed by atoms with Crippen molar-refractivity contribution in [2.75, 3.05) is 23.8 Å². The normalized spacial score (nSPS) is 14.0. The van der Waals surface area contributed by atoms with Gasteiger partial charge in [0.15, 0.2) is 11.3 Å². The minimum Gasteiger partial charge on any atom is -0.354 e. The molecular weight excluding hydrogens is 336 g/mol. The number of carbonyl (C=O) groups is 2. The molecule has 3 aromatic rings. The number of rotatable bonds is 4. The first-order chi connectivity index (χ1) is 12.7. The van der Waals surface area contributed by atoms with Crippen LogP contribution in [-0.2, 0) is 4.79 Å². The van der Waals surface area contributed by atoms with Crippen LogP contribution in [0, 0.1) is 0 Å². The molecule has 0 aromatic carbocycles. The lowest BCUT2D eigenvalue weighted by molar-refractivity contribution is -0.117. The van der Waals surface area contributed by atoms with Gasteiger partial charge >= 0.3 is 0 Å². The summed E-state index contributed by atoms with van der Waals surface area (Å²) >= 11 is 0. The molecule has 0 spiro atoms. The fourth-order valence-electron chi connectivity index (χ4n) is 2.85. The summed E-state index contributed by atoms with van der Waals surface area (Å²) < 4.78 is 1.59. The Morgan fingerprint density at radius 1 is 1.27 bits per heavy atom. The second kappa shape index (κ2) is 6.39. The van der Waals surface area contributed by atoms with E-state index in [0.29, 0.717) is 30.2 Å². The summed E-state index contributed by atoms with van der Waals surface area (Å²) in [5, 5.41) is 17.4.